The molecule has 1 atom stereocenters. The molecule has 0 aliphatic rings. The van der Waals surface area contributed by atoms with E-state index < -0.39 is 0 Å². The maximum absolute atomic E-state index is 9.24. The zero-order valence-electron chi connectivity index (χ0n) is 9.88. The van der Waals surface area contributed by atoms with E-state index in [1.54, 1.807) is 0 Å². The van der Waals surface area contributed by atoms with E-state index in [2.05, 4.69) is 43.4 Å². The van der Waals surface area contributed by atoms with Crippen molar-refractivity contribution in [1.82, 2.24) is 5.32 Å². The number of hydrogen-bond acceptors (Lipinski definition) is 2. The van der Waals surface area contributed by atoms with E-state index in [9.17, 15) is 5.11 Å². The summed E-state index contributed by atoms with van der Waals surface area (Å²) in [7, 11) is 0. The van der Waals surface area contributed by atoms with Gasteiger partial charge in [-0.1, -0.05) is 36.8 Å². The van der Waals surface area contributed by atoms with Gasteiger partial charge in [0.05, 0.1) is 6.61 Å². The highest BCUT2D eigenvalue weighted by Crippen LogP contribution is 2.10. The van der Waals surface area contributed by atoms with Crippen molar-refractivity contribution >= 4 is 0 Å². The van der Waals surface area contributed by atoms with Gasteiger partial charge in [-0.2, -0.15) is 0 Å². The lowest BCUT2D eigenvalue weighted by Crippen LogP contribution is -2.44. The van der Waals surface area contributed by atoms with Crippen molar-refractivity contribution < 1.29 is 5.11 Å². The Bertz CT molecular complexity index is 288. The molecule has 2 heteroatoms. The van der Waals surface area contributed by atoms with Crippen LogP contribution in [0.1, 0.15) is 31.4 Å². The fraction of sp³-hybridized carbons (Fsp3) is 0.538. The SMILES string of the molecule is CCC(C)(CO)NCc1ccc(C)cc1. The van der Waals surface area contributed by atoms with Crippen LogP contribution in [0.2, 0.25) is 0 Å². The smallest absolute Gasteiger partial charge is 0.0610 e. The van der Waals surface area contributed by atoms with Gasteiger partial charge in [0.1, 0.15) is 0 Å². The molecule has 0 radical (unpaired) electrons. The maximum atomic E-state index is 9.24. The molecule has 0 spiro atoms. The first-order valence-corrected chi connectivity index (χ1v) is 5.51. The summed E-state index contributed by atoms with van der Waals surface area (Å²) in [5.74, 6) is 0. The highest BCUT2D eigenvalue weighted by molar-refractivity contribution is 5.21. The van der Waals surface area contributed by atoms with Crippen LogP contribution in [0.3, 0.4) is 0 Å². The molecule has 1 aromatic carbocycles. The minimum atomic E-state index is -0.162. The van der Waals surface area contributed by atoms with Gasteiger partial charge in [0.25, 0.3) is 0 Å². The Morgan fingerprint density at radius 1 is 1.27 bits per heavy atom. The lowest BCUT2D eigenvalue weighted by molar-refractivity contribution is 0.169. The van der Waals surface area contributed by atoms with Crippen LogP contribution in [0, 0.1) is 6.92 Å². The van der Waals surface area contributed by atoms with Crippen LogP contribution in [-0.4, -0.2) is 17.3 Å². The average molecular weight is 207 g/mol. The summed E-state index contributed by atoms with van der Waals surface area (Å²) in [5.41, 5.74) is 2.37. The van der Waals surface area contributed by atoms with Crippen molar-refractivity contribution in [3.63, 3.8) is 0 Å². The largest absolute Gasteiger partial charge is 0.394 e. The summed E-state index contributed by atoms with van der Waals surface area (Å²) in [6.07, 6.45) is 0.926. The van der Waals surface area contributed by atoms with E-state index in [0.717, 1.165) is 13.0 Å². The van der Waals surface area contributed by atoms with Gasteiger partial charge in [-0.25, -0.2) is 0 Å². The molecule has 1 rings (SSSR count). The first-order valence-electron chi connectivity index (χ1n) is 5.51. The van der Waals surface area contributed by atoms with Gasteiger partial charge in [0.2, 0.25) is 0 Å². The van der Waals surface area contributed by atoms with Crippen molar-refractivity contribution in [3.8, 4) is 0 Å². The van der Waals surface area contributed by atoms with Crippen molar-refractivity contribution in [1.29, 1.82) is 0 Å². The minimum Gasteiger partial charge on any atom is -0.394 e. The number of hydrogen-bond donors (Lipinski definition) is 2. The second kappa shape index (κ2) is 5.29. The van der Waals surface area contributed by atoms with Gasteiger partial charge in [0, 0.05) is 12.1 Å². The summed E-state index contributed by atoms with van der Waals surface area (Å²) >= 11 is 0. The molecule has 0 saturated carbocycles. The highest BCUT2D eigenvalue weighted by Gasteiger charge is 2.19. The van der Waals surface area contributed by atoms with Gasteiger partial charge < -0.3 is 10.4 Å². The van der Waals surface area contributed by atoms with E-state index in [0.29, 0.717) is 0 Å². The van der Waals surface area contributed by atoms with E-state index in [-0.39, 0.29) is 12.1 Å². The molecule has 2 nitrogen and oxygen atoms in total. The predicted molar refractivity (Wildman–Crippen MR) is 63.8 cm³/mol. The molecular weight excluding hydrogens is 186 g/mol. The van der Waals surface area contributed by atoms with Crippen molar-refractivity contribution in [3.05, 3.63) is 35.4 Å². The molecular formula is C13H21NO. The molecule has 0 aliphatic heterocycles. The minimum absolute atomic E-state index is 0.162. The van der Waals surface area contributed by atoms with Gasteiger partial charge in [-0.3, -0.25) is 0 Å². The fourth-order valence-corrected chi connectivity index (χ4v) is 1.31. The molecule has 84 valence electrons. The van der Waals surface area contributed by atoms with E-state index >= 15 is 0 Å². The molecule has 1 aromatic rings. The number of rotatable bonds is 5. The zero-order valence-corrected chi connectivity index (χ0v) is 9.88. The van der Waals surface area contributed by atoms with E-state index in [1.165, 1.54) is 11.1 Å². The summed E-state index contributed by atoms with van der Waals surface area (Å²) in [6, 6.07) is 8.46. The molecule has 0 amide bonds. The first kappa shape index (κ1) is 12.2. The number of aryl methyl sites for hydroxylation is 1. The topological polar surface area (TPSA) is 32.3 Å². The quantitative estimate of drug-likeness (QED) is 0.776. The predicted octanol–water partition coefficient (Wildman–Crippen LogP) is 2.25. The van der Waals surface area contributed by atoms with Crippen LogP contribution >= 0.6 is 0 Å². The monoisotopic (exact) mass is 207 g/mol. The van der Waals surface area contributed by atoms with Crippen molar-refractivity contribution in [2.45, 2.75) is 39.3 Å². The lowest BCUT2D eigenvalue weighted by Gasteiger charge is -2.27. The molecule has 0 saturated heterocycles. The molecule has 0 aromatic heterocycles. The standard InChI is InChI=1S/C13H21NO/c1-4-13(3,10-15)14-9-12-7-5-11(2)6-8-12/h5-8,14-15H,4,9-10H2,1-3H3. The van der Waals surface area contributed by atoms with Gasteiger partial charge in [-0.15, -0.1) is 0 Å². The van der Waals surface area contributed by atoms with Crippen LogP contribution in [0.5, 0.6) is 0 Å². The zero-order chi connectivity index (χ0) is 11.3. The molecule has 15 heavy (non-hydrogen) atoms. The second-order valence-corrected chi connectivity index (χ2v) is 4.41. The highest BCUT2D eigenvalue weighted by atomic mass is 16.3. The van der Waals surface area contributed by atoms with Crippen LogP contribution in [0.15, 0.2) is 24.3 Å². The third-order valence-electron chi connectivity index (χ3n) is 2.97. The Hall–Kier alpha value is -0.860. The molecule has 0 fully saturated rings. The molecule has 0 heterocycles. The summed E-state index contributed by atoms with van der Waals surface area (Å²) in [5, 5.41) is 12.6. The number of aliphatic hydroxyl groups excluding tert-OH is 1. The number of aliphatic hydroxyl groups is 1. The Labute approximate surface area is 92.3 Å². The number of nitrogens with one attached hydrogen (secondary N) is 1. The van der Waals surface area contributed by atoms with Crippen molar-refractivity contribution in [2.24, 2.45) is 0 Å². The maximum Gasteiger partial charge on any atom is 0.0610 e. The van der Waals surface area contributed by atoms with E-state index in [4.69, 9.17) is 0 Å². The fourth-order valence-electron chi connectivity index (χ4n) is 1.31. The molecule has 2 N–H and O–H groups in total. The van der Waals surface area contributed by atoms with Gasteiger partial charge in [-0.05, 0) is 25.8 Å². The third-order valence-corrected chi connectivity index (χ3v) is 2.97. The molecule has 1 unspecified atom stereocenters. The Balaban J connectivity index is 2.53. The second-order valence-electron chi connectivity index (χ2n) is 4.41. The first-order chi connectivity index (χ1) is 7.09. The summed E-state index contributed by atoms with van der Waals surface area (Å²) in [6.45, 7) is 7.20. The lowest BCUT2D eigenvalue weighted by atomic mass is 10.00. The number of benzene rings is 1. The van der Waals surface area contributed by atoms with Crippen molar-refractivity contribution in [2.75, 3.05) is 6.61 Å². The van der Waals surface area contributed by atoms with Crippen LogP contribution in [-0.2, 0) is 6.54 Å². The van der Waals surface area contributed by atoms with Crippen LogP contribution in [0.4, 0.5) is 0 Å². The summed E-state index contributed by atoms with van der Waals surface area (Å²) in [4.78, 5) is 0. The average Bonchev–Trinajstić information content (AvgIpc) is 2.28. The van der Waals surface area contributed by atoms with Gasteiger partial charge in [0.15, 0.2) is 0 Å². The van der Waals surface area contributed by atoms with Crippen LogP contribution in [0.25, 0.3) is 0 Å². The normalized spacial score (nSPS) is 14.9. The molecule has 0 bridgehead atoms. The van der Waals surface area contributed by atoms with Gasteiger partial charge >= 0.3 is 0 Å². The third kappa shape index (κ3) is 3.65. The molecule has 0 aliphatic carbocycles. The summed E-state index contributed by atoms with van der Waals surface area (Å²) < 4.78 is 0. The Kier molecular flexibility index (Phi) is 4.30. The van der Waals surface area contributed by atoms with E-state index in [1.807, 2.05) is 6.92 Å². The van der Waals surface area contributed by atoms with Crippen LogP contribution < -0.4 is 5.32 Å². The Morgan fingerprint density at radius 3 is 2.33 bits per heavy atom. The Morgan fingerprint density at radius 2 is 1.87 bits per heavy atom.